The van der Waals surface area contributed by atoms with Crippen molar-refractivity contribution in [2.75, 3.05) is 13.6 Å². The van der Waals surface area contributed by atoms with Crippen LogP contribution in [0.4, 0.5) is 0 Å². The number of rotatable bonds is 6. The van der Waals surface area contributed by atoms with Crippen LogP contribution in [-0.4, -0.2) is 30.6 Å². The zero-order valence-corrected chi connectivity index (χ0v) is 12.3. The van der Waals surface area contributed by atoms with Gasteiger partial charge in [0.05, 0.1) is 0 Å². The third-order valence-corrected chi connectivity index (χ3v) is 4.82. The van der Waals surface area contributed by atoms with E-state index in [1.54, 1.807) is 0 Å². The highest BCUT2D eigenvalue weighted by Crippen LogP contribution is 2.31. The molecule has 1 aliphatic rings. The standard InChI is InChI=1S/C15H32N2/c1-5-12-8-9-15(16)13(10-12)11-17(4)14(6-2)7-3/h12-15H,5-11,16H2,1-4H3. The Bertz CT molecular complexity index is 201. The Balaban J connectivity index is 2.47. The first-order chi connectivity index (χ1) is 8.12. The van der Waals surface area contributed by atoms with Crippen LogP contribution in [0.3, 0.4) is 0 Å². The molecule has 0 saturated heterocycles. The van der Waals surface area contributed by atoms with E-state index in [-0.39, 0.29) is 0 Å². The summed E-state index contributed by atoms with van der Waals surface area (Å²) in [5.41, 5.74) is 6.30. The largest absolute Gasteiger partial charge is 0.327 e. The SMILES string of the molecule is CCC1CCC(N)C(CN(C)C(CC)CC)C1. The van der Waals surface area contributed by atoms with Gasteiger partial charge in [-0.05, 0) is 51.0 Å². The summed E-state index contributed by atoms with van der Waals surface area (Å²) in [7, 11) is 2.28. The molecule has 1 fully saturated rings. The van der Waals surface area contributed by atoms with Crippen LogP contribution in [0.25, 0.3) is 0 Å². The third kappa shape index (κ3) is 4.26. The summed E-state index contributed by atoms with van der Waals surface area (Å²) in [5.74, 6) is 1.65. The number of nitrogens with two attached hydrogens (primary N) is 1. The Morgan fingerprint density at radius 1 is 1.18 bits per heavy atom. The fourth-order valence-corrected chi connectivity index (χ4v) is 3.40. The molecule has 0 amide bonds. The molecule has 17 heavy (non-hydrogen) atoms. The van der Waals surface area contributed by atoms with Crippen LogP contribution in [0.1, 0.15) is 59.3 Å². The maximum Gasteiger partial charge on any atom is 0.00870 e. The molecule has 0 aliphatic heterocycles. The molecule has 0 heterocycles. The number of nitrogens with zero attached hydrogens (tertiary/aromatic N) is 1. The molecule has 0 aromatic heterocycles. The minimum absolute atomic E-state index is 0.439. The highest BCUT2D eigenvalue weighted by atomic mass is 15.1. The monoisotopic (exact) mass is 240 g/mol. The Kier molecular flexibility index (Phi) is 6.50. The summed E-state index contributed by atoms with van der Waals surface area (Å²) in [5, 5.41) is 0. The van der Waals surface area contributed by atoms with Crippen LogP contribution in [-0.2, 0) is 0 Å². The third-order valence-electron chi connectivity index (χ3n) is 4.82. The zero-order valence-electron chi connectivity index (χ0n) is 12.3. The maximum atomic E-state index is 6.30. The van der Waals surface area contributed by atoms with Crippen molar-refractivity contribution in [3.63, 3.8) is 0 Å². The van der Waals surface area contributed by atoms with Crippen molar-refractivity contribution < 1.29 is 0 Å². The van der Waals surface area contributed by atoms with E-state index < -0.39 is 0 Å². The van der Waals surface area contributed by atoms with Crippen molar-refractivity contribution in [2.24, 2.45) is 17.6 Å². The summed E-state index contributed by atoms with van der Waals surface area (Å²) in [6.45, 7) is 8.10. The molecule has 3 unspecified atom stereocenters. The second-order valence-electron chi connectivity index (χ2n) is 5.92. The minimum Gasteiger partial charge on any atom is -0.327 e. The van der Waals surface area contributed by atoms with E-state index in [2.05, 4.69) is 32.7 Å². The van der Waals surface area contributed by atoms with Gasteiger partial charge in [0, 0.05) is 18.6 Å². The molecule has 0 spiro atoms. The smallest absolute Gasteiger partial charge is 0.00870 e. The van der Waals surface area contributed by atoms with Gasteiger partial charge in [0.1, 0.15) is 0 Å². The minimum atomic E-state index is 0.439. The summed E-state index contributed by atoms with van der Waals surface area (Å²) >= 11 is 0. The van der Waals surface area contributed by atoms with E-state index in [0.717, 1.165) is 17.9 Å². The van der Waals surface area contributed by atoms with Crippen LogP contribution in [0.5, 0.6) is 0 Å². The molecule has 2 heteroatoms. The second-order valence-corrected chi connectivity index (χ2v) is 5.92. The normalized spacial score (nSPS) is 30.2. The highest BCUT2D eigenvalue weighted by molar-refractivity contribution is 4.84. The average molecular weight is 240 g/mol. The van der Waals surface area contributed by atoms with E-state index in [1.807, 2.05) is 0 Å². The lowest BCUT2D eigenvalue weighted by molar-refractivity contribution is 0.138. The van der Waals surface area contributed by atoms with Crippen LogP contribution in [0.2, 0.25) is 0 Å². The molecule has 1 aliphatic carbocycles. The van der Waals surface area contributed by atoms with Crippen LogP contribution in [0.15, 0.2) is 0 Å². The van der Waals surface area contributed by atoms with Crippen molar-refractivity contribution >= 4 is 0 Å². The Morgan fingerprint density at radius 3 is 2.35 bits per heavy atom. The summed E-state index contributed by atoms with van der Waals surface area (Å²) in [6, 6.07) is 1.18. The van der Waals surface area contributed by atoms with Crippen molar-refractivity contribution in [1.82, 2.24) is 4.90 Å². The van der Waals surface area contributed by atoms with Gasteiger partial charge in [-0.25, -0.2) is 0 Å². The first-order valence-corrected chi connectivity index (χ1v) is 7.58. The molecule has 3 atom stereocenters. The quantitative estimate of drug-likeness (QED) is 0.772. The number of hydrogen-bond donors (Lipinski definition) is 1. The lowest BCUT2D eigenvalue weighted by atomic mass is 9.77. The van der Waals surface area contributed by atoms with Crippen molar-refractivity contribution in [3.8, 4) is 0 Å². The predicted octanol–water partition coefficient (Wildman–Crippen LogP) is 3.26. The first-order valence-electron chi connectivity index (χ1n) is 7.58. The molecule has 2 N–H and O–H groups in total. The number of hydrogen-bond acceptors (Lipinski definition) is 2. The predicted molar refractivity (Wildman–Crippen MR) is 76.1 cm³/mol. The Morgan fingerprint density at radius 2 is 1.82 bits per heavy atom. The van der Waals surface area contributed by atoms with Gasteiger partial charge in [-0.2, -0.15) is 0 Å². The van der Waals surface area contributed by atoms with Crippen molar-refractivity contribution in [1.29, 1.82) is 0 Å². The van der Waals surface area contributed by atoms with Crippen LogP contribution in [0, 0.1) is 11.8 Å². The highest BCUT2D eigenvalue weighted by Gasteiger charge is 2.28. The molecule has 102 valence electrons. The van der Waals surface area contributed by atoms with E-state index in [0.29, 0.717) is 6.04 Å². The van der Waals surface area contributed by atoms with Gasteiger partial charge in [-0.1, -0.05) is 27.2 Å². The van der Waals surface area contributed by atoms with Crippen molar-refractivity contribution in [2.45, 2.75) is 71.4 Å². The zero-order chi connectivity index (χ0) is 12.8. The van der Waals surface area contributed by atoms with Gasteiger partial charge >= 0.3 is 0 Å². The molecular weight excluding hydrogens is 208 g/mol. The summed E-state index contributed by atoms with van der Waals surface area (Å²) in [4.78, 5) is 2.54. The molecule has 0 aromatic rings. The van der Waals surface area contributed by atoms with E-state index >= 15 is 0 Å². The summed E-state index contributed by atoms with van der Waals surface area (Å²) < 4.78 is 0. The lowest BCUT2D eigenvalue weighted by Crippen LogP contribution is -2.44. The van der Waals surface area contributed by atoms with Gasteiger partial charge < -0.3 is 10.6 Å². The average Bonchev–Trinajstić information content (AvgIpc) is 2.33. The van der Waals surface area contributed by atoms with E-state index in [1.165, 1.54) is 45.1 Å². The molecule has 1 rings (SSSR count). The first kappa shape index (κ1) is 15.0. The lowest BCUT2D eigenvalue weighted by Gasteiger charge is -2.38. The maximum absolute atomic E-state index is 6.30. The van der Waals surface area contributed by atoms with E-state index in [4.69, 9.17) is 5.73 Å². The molecule has 0 radical (unpaired) electrons. The van der Waals surface area contributed by atoms with Gasteiger partial charge in [-0.3, -0.25) is 0 Å². The molecule has 1 saturated carbocycles. The van der Waals surface area contributed by atoms with Gasteiger partial charge in [0.15, 0.2) is 0 Å². The molecule has 0 bridgehead atoms. The Labute approximate surface area is 108 Å². The van der Waals surface area contributed by atoms with Crippen LogP contribution >= 0.6 is 0 Å². The second kappa shape index (κ2) is 7.38. The van der Waals surface area contributed by atoms with Crippen molar-refractivity contribution in [3.05, 3.63) is 0 Å². The van der Waals surface area contributed by atoms with Gasteiger partial charge in [0.25, 0.3) is 0 Å². The Hall–Kier alpha value is -0.0800. The van der Waals surface area contributed by atoms with Crippen LogP contribution < -0.4 is 5.73 Å². The van der Waals surface area contributed by atoms with E-state index in [9.17, 15) is 0 Å². The summed E-state index contributed by atoms with van der Waals surface area (Å²) in [6.07, 6.45) is 7.78. The molecule has 0 aromatic carbocycles. The molecular formula is C15H32N2. The topological polar surface area (TPSA) is 29.3 Å². The fourth-order valence-electron chi connectivity index (χ4n) is 3.40. The van der Waals surface area contributed by atoms with Gasteiger partial charge in [-0.15, -0.1) is 0 Å². The van der Waals surface area contributed by atoms with Gasteiger partial charge in [0.2, 0.25) is 0 Å². The fraction of sp³-hybridized carbons (Fsp3) is 1.00. The molecule has 2 nitrogen and oxygen atoms in total.